The largest absolute Gasteiger partial charge is 0.469 e. The normalized spacial score (nSPS) is 14.7. The fraction of sp³-hybridized carbons (Fsp3) is 0.462. The Labute approximate surface area is 101 Å². The van der Waals surface area contributed by atoms with Gasteiger partial charge in [0.25, 0.3) is 0 Å². The highest BCUT2D eigenvalue weighted by Gasteiger charge is 2.15. The van der Waals surface area contributed by atoms with Crippen molar-refractivity contribution < 1.29 is 4.42 Å². The van der Waals surface area contributed by atoms with Crippen LogP contribution >= 0.6 is 0 Å². The van der Waals surface area contributed by atoms with Crippen molar-refractivity contribution >= 4 is 0 Å². The zero-order chi connectivity index (χ0) is 12.1. The predicted octanol–water partition coefficient (Wildman–Crippen LogP) is 2.67. The zero-order valence-electron chi connectivity index (χ0n) is 10.3. The zero-order valence-corrected chi connectivity index (χ0v) is 10.3. The smallest absolute Gasteiger partial charge is 0.123 e. The third-order valence-electron chi connectivity index (χ3n) is 2.83. The lowest BCUT2D eigenvalue weighted by molar-refractivity contribution is 0.402. The van der Waals surface area contributed by atoms with Crippen molar-refractivity contribution in [3.05, 3.63) is 42.4 Å². The molecule has 2 heterocycles. The number of nitrogens with zero attached hydrogens (tertiary/aromatic N) is 1. The van der Waals surface area contributed by atoms with E-state index in [0.717, 1.165) is 24.4 Å². The van der Waals surface area contributed by atoms with Crippen LogP contribution in [0.15, 0.2) is 35.2 Å². The number of hydrogen-bond donors (Lipinski definition) is 2. The van der Waals surface area contributed by atoms with Crippen LogP contribution in [0.3, 0.4) is 0 Å². The Kier molecular flexibility index (Phi) is 3.98. The van der Waals surface area contributed by atoms with Crippen molar-refractivity contribution in [1.29, 1.82) is 0 Å². The summed E-state index contributed by atoms with van der Waals surface area (Å²) in [5, 5.41) is 3.55. The number of hydrogen-bond acceptors (Lipinski definition) is 3. The van der Waals surface area contributed by atoms with Crippen LogP contribution < -0.4 is 5.32 Å². The minimum atomic E-state index is 0.273. The Balaban J connectivity index is 1.90. The molecule has 0 fully saturated rings. The molecule has 0 aliphatic carbocycles. The fourth-order valence-electron chi connectivity index (χ4n) is 1.99. The summed E-state index contributed by atoms with van der Waals surface area (Å²) in [7, 11) is 0. The van der Waals surface area contributed by atoms with Gasteiger partial charge in [-0.1, -0.05) is 6.92 Å². The molecule has 2 N–H and O–H groups in total. The van der Waals surface area contributed by atoms with Gasteiger partial charge in [-0.15, -0.1) is 0 Å². The van der Waals surface area contributed by atoms with Gasteiger partial charge in [0.2, 0.25) is 0 Å². The van der Waals surface area contributed by atoms with E-state index in [1.807, 2.05) is 18.3 Å². The maximum Gasteiger partial charge on any atom is 0.123 e. The van der Waals surface area contributed by atoms with Crippen molar-refractivity contribution in [2.45, 2.75) is 38.8 Å². The molecule has 0 saturated heterocycles. The first-order chi connectivity index (χ1) is 8.29. The lowest BCUT2D eigenvalue weighted by atomic mass is 10.1. The predicted molar refractivity (Wildman–Crippen MR) is 66.6 cm³/mol. The Morgan fingerprint density at radius 3 is 3.00 bits per heavy atom. The summed E-state index contributed by atoms with van der Waals surface area (Å²) < 4.78 is 5.35. The Morgan fingerprint density at radius 2 is 2.41 bits per heavy atom. The van der Waals surface area contributed by atoms with E-state index in [1.54, 1.807) is 12.5 Å². The van der Waals surface area contributed by atoms with Gasteiger partial charge in [-0.25, -0.2) is 4.98 Å². The topological polar surface area (TPSA) is 53.9 Å². The van der Waals surface area contributed by atoms with Gasteiger partial charge < -0.3 is 14.7 Å². The average molecular weight is 233 g/mol. The number of aromatic nitrogens is 2. The summed E-state index contributed by atoms with van der Waals surface area (Å²) in [6.07, 6.45) is 7.26. The van der Waals surface area contributed by atoms with Crippen molar-refractivity contribution in [2.75, 3.05) is 0 Å². The second-order valence-electron chi connectivity index (χ2n) is 4.29. The van der Waals surface area contributed by atoms with Crippen molar-refractivity contribution in [3.63, 3.8) is 0 Å². The quantitative estimate of drug-likeness (QED) is 0.806. The molecule has 2 rings (SSSR count). The molecule has 0 amide bonds. The third kappa shape index (κ3) is 3.20. The van der Waals surface area contributed by atoms with E-state index in [0.29, 0.717) is 6.04 Å². The van der Waals surface area contributed by atoms with Crippen LogP contribution in [0.1, 0.15) is 37.9 Å². The Bertz CT molecular complexity index is 408. The first-order valence-electron chi connectivity index (χ1n) is 6.07. The molecule has 2 unspecified atom stereocenters. The van der Waals surface area contributed by atoms with Crippen molar-refractivity contribution in [3.8, 4) is 0 Å². The molecule has 0 bridgehead atoms. The second-order valence-corrected chi connectivity index (χ2v) is 4.29. The van der Waals surface area contributed by atoms with Crippen molar-refractivity contribution in [2.24, 2.45) is 0 Å². The first kappa shape index (κ1) is 11.9. The van der Waals surface area contributed by atoms with E-state index >= 15 is 0 Å². The van der Waals surface area contributed by atoms with Crippen LogP contribution in [0, 0.1) is 0 Å². The lowest BCUT2D eigenvalue weighted by Crippen LogP contribution is -2.32. The van der Waals surface area contributed by atoms with E-state index < -0.39 is 0 Å². The summed E-state index contributed by atoms with van der Waals surface area (Å²) in [5.74, 6) is 2.01. The number of furan rings is 1. The Morgan fingerprint density at radius 1 is 1.53 bits per heavy atom. The van der Waals surface area contributed by atoms with Gasteiger partial charge in [-0.05, 0) is 25.5 Å². The van der Waals surface area contributed by atoms with E-state index in [1.165, 1.54) is 0 Å². The standard InChI is InChI=1S/C13H19N3O/c1-3-12(13-14-6-7-15-13)16-10(2)9-11-5-4-8-17-11/h4-8,10,12,16H,3,9H2,1-2H3,(H,14,15). The van der Waals surface area contributed by atoms with Crippen LogP contribution in [0.2, 0.25) is 0 Å². The van der Waals surface area contributed by atoms with Crippen LogP contribution in [0.5, 0.6) is 0 Å². The van der Waals surface area contributed by atoms with Gasteiger partial charge in [-0.2, -0.15) is 0 Å². The maximum atomic E-state index is 5.35. The molecule has 92 valence electrons. The summed E-state index contributed by atoms with van der Waals surface area (Å²) in [4.78, 5) is 7.45. The molecule has 0 spiro atoms. The van der Waals surface area contributed by atoms with Gasteiger partial charge >= 0.3 is 0 Å². The molecular weight excluding hydrogens is 214 g/mol. The van der Waals surface area contributed by atoms with Gasteiger partial charge in [0.15, 0.2) is 0 Å². The van der Waals surface area contributed by atoms with Crippen molar-refractivity contribution in [1.82, 2.24) is 15.3 Å². The summed E-state index contributed by atoms with van der Waals surface area (Å²) in [5.41, 5.74) is 0. The molecule has 0 radical (unpaired) electrons. The highest BCUT2D eigenvalue weighted by atomic mass is 16.3. The molecular formula is C13H19N3O. The van der Waals surface area contributed by atoms with Gasteiger partial charge in [0.1, 0.15) is 11.6 Å². The van der Waals surface area contributed by atoms with E-state index in [2.05, 4.69) is 29.1 Å². The van der Waals surface area contributed by atoms with Gasteiger partial charge in [-0.3, -0.25) is 0 Å². The maximum absolute atomic E-state index is 5.35. The highest BCUT2D eigenvalue weighted by Crippen LogP contribution is 2.14. The molecule has 17 heavy (non-hydrogen) atoms. The summed E-state index contributed by atoms with van der Waals surface area (Å²) >= 11 is 0. The minimum Gasteiger partial charge on any atom is -0.469 e. The molecule has 2 aromatic rings. The van der Waals surface area contributed by atoms with Crippen LogP contribution in [0.25, 0.3) is 0 Å². The Hall–Kier alpha value is -1.55. The van der Waals surface area contributed by atoms with Crippen LogP contribution in [-0.2, 0) is 6.42 Å². The second kappa shape index (κ2) is 5.68. The highest BCUT2D eigenvalue weighted by molar-refractivity contribution is 5.01. The molecule has 0 aliphatic rings. The van der Waals surface area contributed by atoms with E-state index in [4.69, 9.17) is 4.42 Å². The summed E-state index contributed by atoms with van der Waals surface area (Å²) in [6, 6.07) is 4.56. The monoisotopic (exact) mass is 233 g/mol. The number of imidazole rings is 1. The van der Waals surface area contributed by atoms with Crippen LogP contribution in [-0.4, -0.2) is 16.0 Å². The minimum absolute atomic E-state index is 0.273. The van der Waals surface area contributed by atoms with E-state index in [-0.39, 0.29) is 6.04 Å². The third-order valence-corrected chi connectivity index (χ3v) is 2.83. The lowest BCUT2D eigenvalue weighted by Gasteiger charge is -2.20. The number of nitrogens with one attached hydrogen (secondary N) is 2. The molecule has 4 heteroatoms. The average Bonchev–Trinajstić information content (AvgIpc) is 2.97. The number of aromatic amines is 1. The first-order valence-corrected chi connectivity index (χ1v) is 6.07. The molecule has 0 aromatic carbocycles. The molecule has 4 nitrogen and oxygen atoms in total. The number of rotatable bonds is 6. The molecule has 2 aromatic heterocycles. The molecule has 0 aliphatic heterocycles. The molecule has 2 atom stereocenters. The fourth-order valence-corrected chi connectivity index (χ4v) is 1.99. The summed E-state index contributed by atoms with van der Waals surface area (Å²) in [6.45, 7) is 4.31. The van der Waals surface area contributed by atoms with Gasteiger partial charge in [0.05, 0.1) is 12.3 Å². The van der Waals surface area contributed by atoms with Gasteiger partial charge in [0, 0.05) is 24.9 Å². The SMILES string of the molecule is CCC(NC(C)Cc1ccco1)c1ncc[nH]1. The number of H-pyrrole nitrogens is 1. The molecule has 0 saturated carbocycles. The van der Waals surface area contributed by atoms with E-state index in [9.17, 15) is 0 Å². The van der Waals surface area contributed by atoms with Crippen LogP contribution in [0.4, 0.5) is 0 Å².